The summed E-state index contributed by atoms with van der Waals surface area (Å²) in [6, 6.07) is 7.33. The minimum Gasteiger partial charge on any atom is -0.481 e. The van der Waals surface area contributed by atoms with E-state index in [4.69, 9.17) is 9.84 Å². The van der Waals surface area contributed by atoms with Crippen LogP contribution in [0.5, 0.6) is 0 Å². The molecule has 5 heteroatoms. The number of rotatable bonds is 4. The number of anilines is 1. The number of carboxylic acids is 1. The predicted molar refractivity (Wildman–Crippen MR) is 79.5 cm³/mol. The Hall–Kier alpha value is -2.04. The number of carbonyl (C=O) groups excluding carboxylic acids is 1. The van der Waals surface area contributed by atoms with Crippen LogP contribution in [0.15, 0.2) is 24.3 Å². The summed E-state index contributed by atoms with van der Waals surface area (Å²) in [5.74, 6) is -0.820. The summed E-state index contributed by atoms with van der Waals surface area (Å²) in [6.45, 7) is 5.39. The zero-order valence-electron chi connectivity index (χ0n) is 12.6. The third-order valence-corrected chi connectivity index (χ3v) is 3.48. The zero-order chi connectivity index (χ0) is 15.7. The molecule has 2 N–H and O–H groups in total. The molecule has 1 aliphatic carbocycles. The zero-order valence-corrected chi connectivity index (χ0v) is 12.6. The van der Waals surface area contributed by atoms with Crippen molar-refractivity contribution < 1.29 is 19.4 Å². The Morgan fingerprint density at radius 3 is 2.43 bits per heavy atom. The fraction of sp³-hybridized carbons (Fsp3) is 0.500. The molecule has 1 fully saturated rings. The Labute approximate surface area is 124 Å². The maximum absolute atomic E-state index is 11.9. The summed E-state index contributed by atoms with van der Waals surface area (Å²) in [5.41, 5.74) is 0.582. The van der Waals surface area contributed by atoms with Gasteiger partial charge in [-0.25, -0.2) is 4.79 Å². The smallest absolute Gasteiger partial charge is 0.412 e. The van der Waals surface area contributed by atoms with E-state index in [0.717, 1.165) is 18.4 Å². The van der Waals surface area contributed by atoms with Crippen molar-refractivity contribution in [2.24, 2.45) is 0 Å². The number of para-hydroxylation sites is 1. The van der Waals surface area contributed by atoms with Crippen LogP contribution >= 0.6 is 0 Å². The first-order valence-electron chi connectivity index (χ1n) is 7.03. The number of carbonyl (C=O) groups is 2. The van der Waals surface area contributed by atoms with Crippen LogP contribution in [0.1, 0.15) is 45.6 Å². The highest BCUT2D eigenvalue weighted by Gasteiger charge is 2.47. The lowest BCUT2D eigenvalue weighted by molar-refractivity contribution is -0.137. The van der Waals surface area contributed by atoms with Gasteiger partial charge in [0.25, 0.3) is 0 Å². The molecular weight excluding hydrogens is 270 g/mol. The third kappa shape index (κ3) is 3.97. The van der Waals surface area contributed by atoms with E-state index in [2.05, 4.69) is 5.32 Å². The van der Waals surface area contributed by atoms with Crippen LogP contribution in [0.4, 0.5) is 10.5 Å². The minimum absolute atomic E-state index is 0.0833. The molecule has 0 aromatic heterocycles. The van der Waals surface area contributed by atoms with Crippen LogP contribution in [0.25, 0.3) is 0 Å². The highest BCUT2D eigenvalue weighted by atomic mass is 16.6. The summed E-state index contributed by atoms with van der Waals surface area (Å²) < 4.78 is 5.24. The number of benzene rings is 1. The summed E-state index contributed by atoms with van der Waals surface area (Å²) in [6.07, 6.45) is 1.21. The van der Waals surface area contributed by atoms with Gasteiger partial charge in [0.2, 0.25) is 0 Å². The average Bonchev–Trinajstić information content (AvgIpc) is 3.06. The third-order valence-electron chi connectivity index (χ3n) is 3.48. The van der Waals surface area contributed by atoms with Gasteiger partial charge in [0.1, 0.15) is 5.60 Å². The molecule has 114 valence electrons. The van der Waals surface area contributed by atoms with Crippen molar-refractivity contribution in [1.82, 2.24) is 0 Å². The molecule has 1 aromatic rings. The van der Waals surface area contributed by atoms with Crippen LogP contribution in [0.2, 0.25) is 0 Å². The lowest BCUT2D eigenvalue weighted by Crippen LogP contribution is -2.28. The molecule has 1 aliphatic rings. The van der Waals surface area contributed by atoms with Gasteiger partial charge >= 0.3 is 12.1 Å². The number of ether oxygens (including phenoxy) is 1. The average molecular weight is 291 g/mol. The van der Waals surface area contributed by atoms with Crippen molar-refractivity contribution in [3.8, 4) is 0 Å². The van der Waals surface area contributed by atoms with E-state index in [1.54, 1.807) is 26.8 Å². The first kappa shape index (κ1) is 15.4. The van der Waals surface area contributed by atoms with Gasteiger partial charge < -0.3 is 9.84 Å². The molecule has 1 amide bonds. The second-order valence-corrected chi connectivity index (χ2v) is 6.52. The Bertz CT molecular complexity index is 556. The van der Waals surface area contributed by atoms with Gasteiger partial charge in [0, 0.05) is 11.1 Å². The van der Waals surface area contributed by atoms with E-state index >= 15 is 0 Å². The van der Waals surface area contributed by atoms with Gasteiger partial charge in [-0.15, -0.1) is 0 Å². The van der Waals surface area contributed by atoms with Crippen molar-refractivity contribution in [3.63, 3.8) is 0 Å². The fourth-order valence-corrected chi connectivity index (χ4v) is 2.45. The summed E-state index contributed by atoms with van der Waals surface area (Å²) in [5, 5.41) is 11.8. The van der Waals surface area contributed by atoms with E-state index in [9.17, 15) is 9.59 Å². The Balaban J connectivity index is 2.18. The molecular formula is C16H21NO4. The van der Waals surface area contributed by atoms with Gasteiger partial charge in [-0.3, -0.25) is 10.1 Å². The molecule has 0 atom stereocenters. The molecule has 0 aliphatic heterocycles. The maximum atomic E-state index is 11.9. The summed E-state index contributed by atoms with van der Waals surface area (Å²) in [7, 11) is 0. The van der Waals surface area contributed by atoms with Gasteiger partial charge in [0.15, 0.2) is 0 Å². The minimum atomic E-state index is -0.820. The predicted octanol–water partition coefficient (Wildman–Crippen LogP) is 3.54. The van der Waals surface area contributed by atoms with Crippen molar-refractivity contribution in [2.75, 3.05) is 5.32 Å². The standard InChI is InChI=1S/C16H21NO4/c1-15(2,3)21-14(20)17-12-7-5-4-6-11(12)16(8-9-16)10-13(18)19/h4-7H,8-10H2,1-3H3,(H,17,20)(H,18,19). The van der Waals surface area contributed by atoms with Crippen LogP contribution in [0, 0.1) is 0 Å². The second kappa shape index (κ2) is 5.39. The van der Waals surface area contributed by atoms with Crippen LogP contribution < -0.4 is 5.32 Å². The summed E-state index contributed by atoms with van der Waals surface area (Å²) >= 11 is 0. The van der Waals surface area contributed by atoms with Crippen LogP contribution in [-0.2, 0) is 14.9 Å². The van der Waals surface area contributed by atoms with Gasteiger partial charge in [-0.2, -0.15) is 0 Å². The Kier molecular flexibility index (Phi) is 3.94. The highest BCUT2D eigenvalue weighted by Crippen LogP contribution is 2.53. The number of hydrogen-bond acceptors (Lipinski definition) is 3. The molecule has 2 rings (SSSR count). The number of amides is 1. The molecule has 5 nitrogen and oxygen atoms in total. The number of hydrogen-bond donors (Lipinski definition) is 2. The van der Waals surface area contributed by atoms with Gasteiger partial charge in [-0.1, -0.05) is 18.2 Å². The lowest BCUT2D eigenvalue weighted by Gasteiger charge is -2.22. The number of nitrogens with one attached hydrogen (secondary N) is 1. The largest absolute Gasteiger partial charge is 0.481 e. The Morgan fingerprint density at radius 2 is 1.90 bits per heavy atom. The molecule has 1 saturated carbocycles. The molecule has 0 spiro atoms. The topological polar surface area (TPSA) is 75.6 Å². The molecule has 0 unspecified atom stereocenters. The summed E-state index contributed by atoms with van der Waals surface area (Å²) in [4.78, 5) is 22.9. The highest BCUT2D eigenvalue weighted by molar-refractivity contribution is 5.87. The fourth-order valence-electron chi connectivity index (χ4n) is 2.45. The first-order chi connectivity index (χ1) is 9.72. The number of aliphatic carboxylic acids is 1. The van der Waals surface area contributed by atoms with E-state index in [0.29, 0.717) is 5.69 Å². The molecule has 0 bridgehead atoms. The van der Waals surface area contributed by atoms with E-state index in [1.807, 2.05) is 18.2 Å². The van der Waals surface area contributed by atoms with Crippen LogP contribution in [-0.4, -0.2) is 22.8 Å². The van der Waals surface area contributed by atoms with Crippen LogP contribution in [0.3, 0.4) is 0 Å². The van der Waals surface area contributed by atoms with Gasteiger partial charge in [0.05, 0.1) is 6.42 Å². The lowest BCUT2D eigenvalue weighted by atomic mass is 9.91. The molecule has 0 heterocycles. The first-order valence-corrected chi connectivity index (χ1v) is 7.03. The SMILES string of the molecule is CC(C)(C)OC(=O)Nc1ccccc1C1(CC(=O)O)CC1. The van der Waals surface area contributed by atoms with Crippen molar-refractivity contribution >= 4 is 17.7 Å². The number of carboxylic acid groups (broad SMARTS) is 1. The maximum Gasteiger partial charge on any atom is 0.412 e. The quantitative estimate of drug-likeness (QED) is 0.889. The van der Waals surface area contributed by atoms with Crippen molar-refractivity contribution in [2.45, 2.75) is 51.0 Å². The molecule has 0 saturated heterocycles. The van der Waals surface area contributed by atoms with Crippen molar-refractivity contribution in [3.05, 3.63) is 29.8 Å². The van der Waals surface area contributed by atoms with E-state index in [1.165, 1.54) is 0 Å². The monoisotopic (exact) mass is 291 g/mol. The van der Waals surface area contributed by atoms with Crippen molar-refractivity contribution in [1.29, 1.82) is 0 Å². The normalized spacial score (nSPS) is 16.1. The van der Waals surface area contributed by atoms with Gasteiger partial charge in [-0.05, 0) is 45.2 Å². The van der Waals surface area contributed by atoms with E-state index in [-0.39, 0.29) is 11.8 Å². The molecule has 21 heavy (non-hydrogen) atoms. The molecule has 1 aromatic carbocycles. The van der Waals surface area contributed by atoms with E-state index < -0.39 is 17.7 Å². The second-order valence-electron chi connectivity index (χ2n) is 6.52. The molecule has 0 radical (unpaired) electrons. The Morgan fingerprint density at radius 1 is 1.29 bits per heavy atom.